The normalized spacial score (nSPS) is 10.2. The standard InChI is InChI=1S/C18H20N2O5/c1-11-7-12(2)18(13(3)8-11)19-17(21)10-25-14-5-6-15(20(22)23)16(9-14)24-4/h5-9H,10H2,1-4H3,(H,19,21). The molecule has 0 aliphatic carbocycles. The van der Waals surface area contributed by atoms with Crippen molar-refractivity contribution in [2.45, 2.75) is 20.8 Å². The van der Waals surface area contributed by atoms with E-state index in [1.54, 1.807) is 0 Å². The Hall–Kier alpha value is -3.09. The Morgan fingerprint density at radius 2 is 1.80 bits per heavy atom. The van der Waals surface area contributed by atoms with E-state index in [-0.39, 0.29) is 24.0 Å². The van der Waals surface area contributed by atoms with Gasteiger partial charge < -0.3 is 14.8 Å². The second-order valence-corrected chi connectivity index (χ2v) is 5.70. The van der Waals surface area contributed by atoms with Crippen LogP contribution in [-0.4, -0.2) is 24.5 Å². The number of aryl methyl sites for hydroxylation is 3. The van der Waals surface area contributed by atoms with E-state index in [2.05, 4.69) is 5.32 Å². The molecule has 2 aromatic rings. The fraction of sp³-hybridized carbons (Fsp3) is 0.278. The summed E-state index contributed by atoms with van der Waals surface area (Å²) in [6, 6.07) is 8.07. The molecule has 0 spiro atoms. The molecule has 0 heterocycles. The Morgan fingerprint density at radius 3 is 2.36 bits per heavy atom. The number of nitro benzene ring substituents is 1. The molecule has 1 N–H and O–H groups in total. The number of hydrogen-bond donors (Lipinski definition) is 1. The molecule has 7 heteroatoms. The van der Waals surface area contributed by atoms with Gasteiger partial charge in [-0.3, -0.25) is 14.9 Å². The average Bonchev–Trinajstić information content (AvgIpc) is 2.55. The number of nitrogens with zero attached hydrogens (tertiary/aromatic N) is 1. The van der Waals surface area contributed by atoms with Crippen LogP contribution in [0, 0.1) is 30.9 Å². The van der Waals surface area contributed by atoms with Gasteiger partial charge in [-0.1, -0.05) is 17.7 Å². The maximum atomic E-state index is 12.1. The van der Waals surface area contributed by atoms with E-state index >= 15 is 0 Å². The Labute approximate surface area is 145 Å². The summed E-state index contributed by atoms with van der Waals surface area (Å²) in [6.07, 6.45) is 0. The third-order valence-corrected chi connectivity index (χ3v) is 3.66. The van der Waals surface area contributed by atoms with Gasteiger partial charge in [-0.15, -0.1) is 0 Å². The number of methoxy groups -OCH3 is 1. The van der Waals surface area contributed by atoms with E-state index in [4.69, 9.17) is 9.47 Å². The fourth-order valence-corrected chi connectivity index (χ4v) is 2.60. The highest BCUT2D eigenvalue weighted by atomic mass is 16.6. The van der Waals surface area contributed by atoms with Gasteiger partial charge in [0.25, 0.3) is 5.91 Å². The average molecular weight is 344 g/mol. The minimum absolute atomic E-state index is 0.0770. The second-order valence-electron chi connectivity index (χ2n) is 5.70. The molecule has 0 bridgehead atoms. The third-order valence-electron chi connectivity index (χ3n) is 3.66. The van der Waals surface area contributed by atoms with E-state index in [1.807, 2.05) is 32.9 Å². The van der Waals surface area contributed by atoms with Crippen LogP contribution in [0.1, 0.15) is 16.7 Å². The van der Waals surface area contributed by atoms with Gasteiger partial charge in [0.2, 0.25) is 5.75 Å². The Kier molecular flexibility index (Phi) is 5.59. The Morgan fingerprint density at radius 1 is 1.16 bits per heavy atom. The van der Waals surface area contributed by atoms with Crippen LogP contribution in [0.25, 0.3) is 0 Å². The van der Waals surface area contributed by atoms with Gasteiger partial charge in [0.05, 0.1) is 12.0 Å². The second kappa shape index (κ2) is 7.65. The van der Waals surface area contributed by atoms with Crippen LogP contribution in [0.15, 0.2) is 30.3 Å². The molecule has 0 unspecified atom stereocenters. The van der Waals surface area contributed by atoms with E-state index < -0.39 is 4.92 Å². The van der Waals surface area contributed by atoms with Crippen molar-refractivity contribution < 1.29 is 19.2 Å². The van der Waals surface area contributed by atoms with Crippen molar-refractivity contribution in [1.29, 1.82) is 0 Å². The van der Waals surface area contributed by atoms with E-state index in [0.29, 0.717) is 5.75 Å². The molecule has 0 aliphatic heterocycles. The van der Waals surface area contributed by atoms with Crippen molar-refractivity contribution in [3.05, 3.63) is 57.1 Å². The summed E-state index contributed by atoms with van der Waals surface area (Å²) in [4.78, 5) is 22.5. The summed E-state index contributed by atoms with van der Waals surface area (Å²) >= 11 is 0. The molecular weight excluding hydrogens is 324 g/mol. The zero-order valence-corrected chi connectivity index (χ0v) is 14.6. The van der Waals surface area contributed by atoms with Crippen LogP contribution in [0.3, 0.4) is 0 Å². The number of anilines is 1. The molecular formula is C18H20N2O5. The molecule has 0 aromatic heterocycles. The van der Waals surface area contributed by atoms with Crippen LogP contribution < -0.4 is 14.8 Å². The van der Waals surface area contributed by atoms with Gasteiger partial charge in [-0.05, 0) is 38.0 Å². The highest BCUT2D eigenvalue weighted by molar-refractivity contribution is 5.93. The molecule has 2 rings (SSSR count). The van der Waals surface area contributed by atoms with Crippen LogP contribution >= 0.6 is 0 Å². The summed E-state index contributed by atoms with van der Waals surface area (Å²) in [5.41, 5.74) is 3.68. The van der Waals surface area contributed by atoms with Crippen molar-refractivity contribution in [3.8, 4) is 11.5 Å². The quantitative estimate of drug-likeness (QED) is 0.639. The number of nitrogens with one attached hydrogen (secondary N) is 1. The number of benzene rings is 2. The van der Waals surface area contributed by atoms with Crippen LogP contribution in [0.5, 0.6) is 11.5 Å². The van der Waals surface area contributed by atoms with Gasteiger partial charge in [-0.25, -0.2) is 0 Å². The summed E-state index contributed by atoms with van der Waals surface area (Å²) < 4.78 is 10.4. The molecule has 0 fully saturated rings. The lowest BCUT2D eigenvalue weighted by atomic mass is 10.1. The summed E-state index contributed by atoms with van der Waals surface area (Å²) in [6.45, 7) is 5.64. The van der Waals surface area contributed by atoms with Crippen molar-refractivity contribution in [3.63, 3.8) is 0 Å². The fourth-order valence-electron chi connectivity index (χ4n) is 2.60. The van der Waals surface area contributed by atoms with Crippen LogP contribution in [0.4, 0.5) is 11.4 Å². The van der Waals surface area contributed by atoms with Gasteiger partial charge >= 0.3 is 5.69 Å². The molecule has 1 amide bonds. The Bertz CT molecular complexity index is 794. The smallest absolute Gasteiger partial charge is 0.311 e. The zero-order chi connectivity index (χ0) is 18.6. The number of carbonyl (C=O) groups excluding carboxylic acids is 1. The first kappa shape index (κ1) is 18.3. The van der Waals surface area contributed by atoms with Crippen molar-refractivity contribution in [1.82, 2.24) is 0 Å². The van der Waals surface area contributed by atoms with Crippen molar-refractivity contribution in [2.24, 2.45) is 0 Å². The zero-order valence-electron chi connectivity index (χ0n) is 14.6. The highest BCUT2D eigenvalue weighted by Crippen LogP contribution is 2.30. The van der Waals surface area contributed by atoms with Gasteiger partial charge in [0.15, 0.2) is 6.61 Å². The molecule has 0 atom stereocenters. The molecule has 0 saturated heterocycles. The number of carbonyl (C=O) groups is 1. The maximum Gasteiger partial charge on any atom is 0.311 e. The molecule has 0 radical (unpaired) electrons. The minimum atomic E-state index is -0.543. The number of amides is 1. The van der Waals surface area contributed by atoms with E-state index in [1.165, 1.54) is 25.3 Å². The van der Waals surface area contributed by atoms with Crippen molar-refractivity contribution in [2.75, 3.05) is 19.0 Å². The molecule has 25 heavy (non-hydrogen) atoms. The van der Waals surface area contributed by atoms with Gasteiger partial charge in [-0.2, -0.15) is 0 Å². The maximum absolute atomic E-state index is 12.1. The van der Waals surface area contributed by atoms with Crippen LogP contribution in [0.2, 0.25) is 0 Å². The summed E-state index contributed by atoms with van der Waals surface area (Å²) in [5.74, 6) is 0.0791. The molecule has 7 nitrogen and oxygen atoms in total. The number of nitro groups is 1. The first-order chi connectivity index (χ1) is 11.8. The third kappa shape index (κ3) is 4.47. The topological polar surface area (TPSA) is 90.7 Å². The number of ether oxygens (including phenoxy) is 2. The monoisotopic (exact) mass is 344 g/mol. The number of hydrogen-bond acceptors (Lipinski definition) is 5. The Balaban J connectivity index is 2.04. The number of rotatable bonds is 6. The molecule has 0 saturated carbocycles. The molecule has 2 aromatic carbocycles. The summed E-state index contributed by atoms with van der Waals surface area (Å²) in [5, 5.41) is 13.7. The van der Waals surface area contributed by atoms with Gasteiger partial charge in [0, 0.05) is 17.8 Å². The van der Waals surface area contributed by atoms with Crippen LogP contribution in [-0.2, 0) is 4.79 Å². The van der Waals surface area contributed by atoms with E-state index in [9.17, 15) is 14.9 Å². The molecule has 132 valence electrons. The highest BCUT2D eigenvalue weighted by Gasteiger charge is 2.16. The molecule has 0 aliphatic rings. The SMILES string of the molecule is COc1cc(OCC(=O)Nc2c(C)cc(C)cc2C)ccc1[N+](=O)[O-]. The largest absolute Gasteiger partial charge is 0.490 e. The lowest BCUT2D eigenvalue weighted by Crippen LogP contribution is -2.21. The first-order valence-electron chi connectivity index (χ1n) is 7.64. The van der Waals surface area contributed by atoms with Gasteiger partial charge in [0.1, 0.15) is 5.75 Å². The predicted octanol–water partition coefficient (Wildman–Crippen LogP) is 3.55. The lowest BCUT2D eigenvalue weighted by Gasteiger charge is -2.13. The van der Waals surface area contributed by atoms with Crippen molar-refractivity contribution >= 4 is 17.3 Å². The summed E-state index contributed by atoms with van der Waals surface area (Å²) in [7, 11) is 1.34. The minimum Gasteiger partial charge on any atom is -0.490 e. The lowest BCUT2D eigenvalue weighted by molar-refractivity contribution is -0.385. The van der Waals surface area contributed by atoms with E-state index in [0.717, 1.165) is 22.4 Å². The predicted molar refractivity (Wildman–Crippen MR) is 94.4 cm³/mol. The first-order valence-corrected chi connectivity index (χ1v) is 7.64.